The summed E-state index contributed by atoms with van der Waals surface area (Å²) in [6.07, 6.45) is 2.03. The largest absolute Gasteiger partial charge is 0.316 e. The van der Waals surface area contributed by atoms with E-state index in [1.54, 1.807) is 0 Å². The van der Waals surface area contributed by atoms with Crippen molar-refractivity contribution in [3.8, 4) is 0 Å². The van der Waals surface area contributed by atoms with Gasteiger partial charge in [0.15, 0.2) is 0 Å². The second-order valence-electron chi connectivity index (χ2n) is 5.11. The molecule has 1 N–H and O–H groups in total. The molecule has 1 unspecified atom stereocenters. The molecule has 1 aromatic heterocycles. The number of halogens is 1. The number of nitrogens with one attached hydrogen (secondary N) is 1. The van der Waals surface area contributed by atoms with Crippen LogP contribution in [-0.4, -0.2) is 22.9 Å². The lowest BCUT2D eigenvalue weighted by atomic mass is 10.0. The molecular weight excluding hydrogens is 314 g/mol. The Bertz CT molecular complexity index is 545. The van der Waals surface area contributed by atoms with E-state index in [4.69, 9.17) is 0 Å². The molecule has 0 fully saturated rings. The fourth-order valence-corrected chi connectivity index (χ4v) is 2.74. The number of hydrogen-bond donors (Lipinski definition) is 1. The zero-order valence-electron chi connectivity index (χ0n) is 12.4. The molecule has 1 atom stereocenters. The lowest BCUT2D eigenvalue weighted by Gasteiger charge is -2.17. The van der Waals surface area contributed by atoms with Crippen LogP contribution in [0, 0.1) is 6.92 Å². The summed E-state index contributed by atoms with van der Waals surface area (Å²) in [5.41, 5.74) is 3.76. The number of aryl methyl sites for hydroxylation is 2. The summed E-state index contributed by atoms with van der Waals surface area (Å²) in [6, 6.07) is 11.2. The third-order valence-corrected chi connectivity index (χ3v) is 4.07. The zero-order chi connectivity index (χ0) is 14.5. The average molecular weight is 336 g/mol. The minimum absolute atomic E-state index is 0.428. The minimum atomic E-state index is 0.428. The summed E-state index contributed by atoms with van der Waals surface area (Å²) in [4.78, 5) is 0. The fourth-order valence-electron chi connectivity index (χ4n) is 2.47. The first-order valence-electron chi connectivity index (χ1n) is 7.07. The highest BCUT2D eigenvalue weighted by Gasteiger charge is 2.12. The Morgan fingerprint density at radius 2 is 1.95 bits per heavy atom. The van der Waals surface area contributed by atoms with Crippen LogP contribution in [0.15, 0.2) is 34.8 Å². The average Bonchev–Trinajstić information content (AvgIpc) is 2.80. The van der Waals surface area contributed by atoms with Gasteiger partial charge in [-0.15, -0.1) is 0 Å². The topological polar surface area (TPSA) is 29.9 Å². The third kappa shape index (κ3) is 3.93. The number of aromatic nitrogens is 2. The molecule has 4 heteroatoms. The quantitative estimate of drug-likeness (QED) is 0.877. The molecule has 0 saturated heterocycles. The van der Waals surface area contributed by atoms with Crippen LogP contribution in [0.5, 0.6) is 0 Å². The molecule has 1 aromatic carbocycles. The van der Waals surface area contributed by atoms with E-state index in [2.05, 4.69) is 75.2 Å². The minimum Gasteiger partial charge on any atom is -0.316 e. The van der Waals surface area contributed by atoms with Crippen LogP contribution in [0.1, 0.15) is 23.9 Å². The Labute approximate surface area is 129 Å². The van der Waals surface area contributed by atoms with Crippen molar-refractivity contribution in [2.24, 2.45) is 0 Å². The van der Waals surface area contributed by atoms with Crippen molar-refractivity contribution in [2.45, 2.75) is 39.3 Å². The molecule has 0 amide bonds. The van der Waals surface area contributed by atoms with Crippen molar-refractivity contribution in [2.75, 3.05) is 7.05 Å². The second-order valence-corrected chi connectivity index (χ2v) is 6.03. The van der Waals surface area contributed by atoms with Crippen LogP contribution in [0.2, 0.25) is 0 Å². The SMILES string of the molecule is CCn1nc(C)cc1CC(Cc1ccc(Br)cc1)NC. The Balaban J connectivity index is 2.06. The Kier molecular flexibility index (Phi) is 5.38. The van der Waals surface area contributed by atoms with E-state index in [1.807, 2.05) is 7.05 Å². The third-order valence-electron chi connectivity index (χ3n) is 3.54. The van der Waals surface area contributed by atoms with E-state index in [0.717, 1.165) is 29.6 Å². The molecule has 0 saturated carbocycles. The van der Waals surface area contributed by atoms with Gasteiger partial charge in [0.1, 0.15) is 0 Å². The number of likely N-dealkylation sites (N-methyl/N-ethyl adjacent to an activating group) is 1. The maximum absolute atomic E-state index is 4.52. The molecule has 0 aliphatic rings. The number of rotatable bonds is 6. The van der Waals surface area contributed by atoms with E-state index in [1.165, 1.54) is 11.3 Å². The van der Waals surface area contributed by atoms with Gasteiger partial charge in [-0.1, -0.05) is 28.1 Å². The summed E-state index contributed by atoms with van der Waals surface area (Å²) < 4.78 is 3.23. The highest BCUT2D eigenvalue weighted by Crippen LogP contribution is 2.14. The molecule has 0 spiro atoms. The predicted molar refractivity (Wildman–Crippen MR) is 87.0 cm³/mol. The maximum atomic E-state index is 4.52. The monoisotopic (exact) mass is 335 g/mol. The van der Waals surface area contributed by atoms with Crippen LogP contribution in [-0.2, 0) is 19.4 Å². The number of nitrogens with zero attached hydrogens (tertiary/aromatic N) is 2. The summed E-state index contributed by atoms with van der Waals surface area (Å²) in [5.74, 6) is 0. The standard InChI is InChI=1S/C16H22BrN3/c1-4-20-16(9-12(2)19-20)11-15(18-3)10-13-5-7-14(17)8-6-13/h5-9,15,18H,4,10-11H2,1-3H3. The Hall–Kier alpha value is -1.13. The van der Waals surface area contributed by atoms with Crippen molar-refractivity contribution in [3.05, 3.63) is 51.8 Å². The normalized spacial score (nSPS) is 12.6. The van der Waals surface area contributed by atoms with Gasteiger partial charge in [-0.25, -0.2) is 0 Å². The molecule has 2 rings (SSSR count). The zero-order valence-corrected chi connectivity index (χ0v) is 13.9. The van der Waals surface area contributed by atoms with Crippen LogP contribution in [0.25, 0.3) is 0 Å². The molecule has 0 aliphatic heterocycles. The fraction of sp³-hybridized carbons (Fsp3) is 0.438. The van der Waals surface area contributed by atoms with Crippen molar-refractivity contribution in [3.63, 3.8) is 0 Å². The number of hydrogen-bond acceptors (Lipinski definition) is 2. The van der Waals surface area contributed by atoms with Crippen molar-refractivity contribution in [1.82, 2.24) is 15.1 Å². The highest BCUT2D eigenvalue weighted by atomic mass is 79.9. The van der Waals surface area contributed by atoms with E-state index in [0.29, 0.717) is 6.04 Å². The van der Waals surface area contributed by atoms with Gasteiger partial charge in [0.05, 0.1) is 5.69 Å². The van der Waals surface area contributed by atoms with E-state index in [-0.39, 0.29) is 0 Å². The molecular formula is C16H22BrN3. The summed E-state index contributed by atoms with van der Waals surface area (Å²) >= 11 is 3.48. The molecule has 20 heavy (non-hydrogen) atoms. The smallest absolute Gasteiger partial charge is 0.0596 e. The van der Waals surface area contributed by atoms with Gasteiger partial charge >= 0.3 is 0 Å². The van der Waals surface area contributed by atoms with Gasteiger partial charge in [0.2, 0.25) is 0 Å². The first-order chi connectivity index (χ1) is 9.62. The van der Waals surface area contributed by atoms with Gasteiger partial charge in [-0.2, -0.15) is 5.10 Å². The summed E-state index contributed by atoms with van der Waals surface area (Å²) in [7, 11) is 2.03. The van der Waals surface area contributed by atoms with Gasteiger partial charge in [0, 0.05) is 29.2 Å². The van der Waals surface area contributed by atoms with Gasteiger partial charge in [0.25, 0.3) is 0 Å². The Morgan fingerprint density at radius 1 is 1.25 bits per heavy atom. The summed E-state index contributed by atoms with van der Waals surface area (Å²) in [6.45, 7) is 5.12. The van der Waals surface area contributed by atoms with E-state index >= 15 is 0 Å². The maximum Gasteiger partial charge on any atom is 0.0596 e. The molecule has 1 heterocycles. The predicted octanol–water partition coefficient (Wildman–Crippen LogP) is 3.35. The van der Waals surface area contributed by atoms with Gasteiger partial charge < -0.3 is 5.32 Å². The molecule has 0 aliphatic carbocycles. The molecule has 0 radical (unpaired) electrons. The number of benzene rings is 1. The molecule has 0 bridgehead atoms. The van der Waals surface area contributed by atoms with Crippen LogP contribution < -0.4 is 5.32 Å². The molecule has 3 nitrogen and oxygen atoms in total. The lowest BCUT2D eigenvalue weighted by molar-refractivity contribution is 0.520. The first-order valence-corrected chi connectivity index (χ1v) is 7.86. The van der Waals surface area contributed by atoms with Crippen molar-refractivity contribution in [1.29, 1.82) is 0 Å². The summed E-state index contributed by atoms with van der Waals surface area (Å²) in [5, 5.41) is 7.94. The van der Waals surface area contributed by atoms with Gasteiger partial charge in [-0.3, -0.25) is 4.68 Å². The van der Waals surface area contributed by atoms with Gasteiger partial charge in [-0.05, 0) is 51.1 Å². The molecule has 108 valence electrons. The van der Waals surface area contributed by atoms with Crippen molar-refractivity contribution < 1.29 is 0 Å². The van der Waals surface area contributed by atoms with Crippen LogP contribution in [0.4, 0.5) is 0 Å². The van der Waals surface area contributed by atoms with E-state index in [9.17, 15) is 0 Å². The van der Waals surface area contributed by atoms with Crippen LogP contribution in [0.3, 0.4) is 0 Å². The second kappa shape index (κ2) is 7.04. The highest BCUT2D eigenvalue weighted by molar-refractivity contribution is 9.10. The molecule has 2 aromatic rings. The van der Waals surface area contributed by atoms with Crippen molar-refractivity contribution >= 4 is 15.9 Å². The Morgan fingerprint density at radius 3 is 2.55 bits per heavy atom. The lowest BCUT2D eigenvalue weighted by Crippen LogP contribution is -2.30. The first kappa shape index (κ1) is 15.3. The van der Waals surface area contributed by atoms with Crippen LogP contribution >= 0.6 is 15.9 Å². The van der Waals surface area contributed by atoms with E-state index < -0.39 is 0 Å².